The number of hydrogen-bond acceptors (Lipinski definition) is 4. The van der Waals surface area contributed by atoms with E-state index >= 15 is 0 Å². The third-order valence-corrected chi connectivity index (χ3v) is 5.61. The van der Waals surface area contributed by atoms with E-state index in [0.29, 0.717) is 23.5 Å². The summed E-state index contributed by atoms with van der Waals surface area (Å²) in [4.78, 5) is 25.1. The van der Waals surface area contributed by atoms with Crippen LogP contribution in [0.2, 0.25) is 0 Å². The van der Waals surface area contributed by atoms with E-state index in [1.807, 2.05) is 85.8 Å². The average molecular weight is 480 g/mol. The van der Waals surface area contributed by atoms with Crippen LogP contribution in [-0.2, 0) is 11.4 Å². The van der Waals surface area contributed by atoms with Gasteiger partial charge in [-0.05, 0) is 60.5 Å². The number of rotatable bonds is 10. The van der Waals surface area contributed by atoms with Gasteiger partial charge in [0, 0.05) is 16.9 Å². The maximum Gasteiger partial charge on any atom is 0.251 e. The molecule has 1 atom stereocenters. The monoisotopic (exact) mass is 479 g/mol. The fraction of sp³-hybridized carbons (Fsp3) is 0.133. The van der Waals surface area contributed by atoms with Crippen LogP contribution in [0, 0.1) is 0 Å². The number of anilines is 2. The fourth-order valence-corrected chi connectivity index (χ4v) is 3.64. The van der Waals surface area contributed by atoms with Crippen molar-refractivity contribution in [3.63, 3.8) is 0 Å². The zero-order valence-electron chi connectivity index (χ0n) is 20.1. The molecule has 0 radical (unpaired) electrons. The summed E-state index contributed by atoms with van der Waals surface area (Å²) in [7, 11) is 0. The van der Waals surface area contributed by atoms with Crippen LogP contribution in [0.5, 0.6) is 5.75 Å². The van der Waals surface area contributed by atoms with Crippen LogP contribution in [0.1, 0.15) is 34.5 Å². The van der Waals surface area contributed by atoms with Gasteiger partial charge >= 0.3 is 0 Å². The topological polar surface area (TPSA) is 79.5 Å². The molecule has 0 aliphatic heterocycles. The van der Waals surface area contributed by atoms with Gasteiger partial charge in [0.15, 0.2) is 0 Å². The highest BCUT2D eigenvalue weighted by molar-refractivity contribution is 5.96. The fourth-order valence-electron chi connectivity index (χ4n) is 3.64. The molecule has 4 rings (SSSR count). The first-order valence-electron chi connectivity index (χ1n) is 11.8. The van der Waals surface area contributed by atoms with Crippen molar-refractivity contribution < 1.29 is 14.3 Å². The highest BCUT2D eigenvalue weighted by Crippen LogP contribution is 2.18. The van der Waals surface area contributed by atoms with Gasteiger partial charge in [0.1, 0.15) is 12.4 Å². The number of nitrogens with one attached hydrogen (secondary N) is 3. The number of carbonyl (C=O) groups is 2. The number of benzene rings is 4. The van der Waals surface area contributed by atoms with Crippen molar-refractivity contribution in [2.24, 2.45) is 0 Å². The molecule has 36 heavy (non-hydrogen) atoms. The van der Waals surface area contributed by atoms with Gasteiger partial charge in [-0.3, -0.25) is 9.59 Å². The molecule has 6 nitrogen and oxygen atoms in total. The first-order valence-corrected chi connectivity index (χ1v) is 11.8. The van der Waals surface area contributed by atoms with Gasteiger partial charge in [-0.2, -0.15) is 0 Å². The summed E-state index contributed by atoms with van der Waals surface area (Å²) in [6, 6.07) is 34.0. The Kier molecular flexibility index (Phi) is 8.33. The van der Waals surface area contributed by atoms with Crippen molar-refractivity contribution >= 4 is 23.2 Å². The van der Waals surface area contributed by atoms with Gasteiger partial charge < -0.3 is 20.7 Å². The average Bonchev–Trinajstić information content (AvgIpc) is 2.93. The molecule has 0 bridgehead atoms. The Hall–Kier alpha value is -4.58. The van der Waals surface area contributed by atoms with E-state index in [9.17, 15) is 9.59 Å². The molecule has 3 N–H and O–H groups in total. The number of amides is 2. The maximum absolute atomic E-state index is 12.7. The summed E-state index contributed by atoms with van der Waals surface area (Å²) in [6.07, 6.45) is 0. The number of carbonyl (C=O) groups excluding carboxylic acids is 2. The Morgan fingerprint density at radius 3 is 2.19 bits per heavy atom. The van der Waals surface area contributed by atoms with Crippen LogP contribution in [0.4, 0.5) is 11.4 Å². The van der Waals surface area contributed by atoms with E-state index in [0.717, 1.165) is 16.9 Å². The summed E-state index contributed by atoms with van der Waals surface area (Å²) >= 11 is 0. The van der Waals surface area contributed by atoms with Crippen LogP contribution in [0.15, 0.2) is 109 Å². The lowest BCUT2D eigenvalue weighted by atomic mass is 10.1. The SMILES string of the molecule is CC(NC(=O)c1cccc(NCC(=O)Nc2ccc(OCc3ccccc3)cc2)c1)c1ccccc1. The Bertz CT molecular complexity index is 1280. The molecule has 1 unspecified atom stereocenters. The lowest BCUT2D eigenvalue weighted by Gasteiger charge is -2.15. The number of ether oxygens (including phenoxy) is 1. The molecule has 6 heteroatoms. The molecule has 0 saturated carbocycles. The smallest absolute Gasteiger partial charge is 0.251 e. The highest BCUT2D eigenvalue weighted by Gasteiger charge is 2.12. The minimum absolute atomic E-state index is 0.0672. The molecule has 0 aromatic heterocycles. The van der Waals surface area contributed by atoms with E-state index in [1.165, 1.54) is 0 Å². The second-order valence-corrected chi connectivity index (χ2v) is 8.39. The highest BCUT2D eigenvalue weighted by atomic mass is 16.5. The van der Waals surface area contributed by atoms with E-state index in [4.69, 9.17) is 4.74 Å². The zero-order chi connectivity index (χ0) is 25.2. The molecule has 0 saturated heterocycles. The Morgan fingerprint density at radius 2 is 1.47 bits per heavy atom. The van der Waals surface area contributed by atoms with Crippen molar-refractivity contribution in [2.45, 2.75) is 19.6 Å². The minimum Gasteiger partial charge on any atom is -0.489 e. The molecule has 0 heterocycles. The summed E-state index contributed by atoms with van der Waals surface area (Å²) in [5.41, 5.74) is 4.02. The standard InChI is InChI=1S/C30H29N3O3/c1-22(24-11-6-3-7-12-24)32-30(35)25-13-8-14-27(19-25)31-20-29(34)33-26-15-17-28(18-16-26)36-21-23-9-4-2-5-10-23/h2-19,22,31H,20-21H2,1H3,(H,32,35)(H,33,34). The number of hydrogen-bond donors (Lipinski definition) is 3. The summed E-state index contributed by atoms with van der Waals surface area (Å²) in [5, 5.41) is 8.94. The summed E-state index contributed by atoms with van der Waals surface area (Å²) in [5.74, 6) is 0.362. The summed E-state index contributed by atoms with van der Waals surface area (Å²) < 4.78 is 5.78. The third-order valence-electron chi connectivity index (χ3n) is 5.61. The van der Waals surface area contributed by atoms with Gasteiger partial charge in [0.25, 0.3) is 5.91 Å². The Morgan fingerprint density at radius 1 is 0.778 bits per heavy atom. The molecule has 0 aliphatic rings. The van der Waals surface area contributed by atoms with Crippen LogP contribution < -0.4 is 20.7 Å². The second-order valence-electron chi connectivity index (χ2n) is 8.39. The van der Waals surface area contributed by atoms with Gasteiger partial charge in [-0.15, -0.1) is 0 Å². The van der Waals surface area contributed by atoms with E-state index in [-0.39, 0.29) is 24.4 Å². The van der Waals surface area contributed by atoms with Gasteiger partial charge in [0.05, 0.1) is 12.6 Å². The largest absolute Gasteiger partial charge is 0.489 e. The normalized spacial score (nSPS) is 11.2. The second kappa shape index (κ2) is 12.2. The molecule has 182 valence electrons. The van der Waals surface area contributed by atoms with E-state index in [2.05, 4.69) is 16.0 Å². The molecular formula is C30H29N3O3. The van der Waals surface area contributed by atoms with Crippen molar-refractivity contribution in [1.82, 2.24) is 5.32 Å². The van der Waals surface area contributed by atoms with Crippen molar-refractivity contribution in [3.05, 3.63) is 126 Å². The third kappa shape index (κ3) is 7.21. The predicted molar refractivity (Wildman–Crippen MR) is 143 cm³/mol. The van der Waals surface area contributed by atoms with Gasteiger partial charge in [0.2, 0.25) is 5.91 Å². The maximum atomic E-state index is 12.7. The zero-order valence-corrected chi connectivity index (χ0v) is 20.1. The molecule has 0 spiro atoms. The first kappa shape index (κ1) is 24.5. The molecular weight excluding hydrogens is 450 g/mol. The van der Waals surface area contributed by atoms with Crippen molar-refractivity contribution in [2.75, 3.05) is 17.2 Å². The minimum atomic E-state index is -0.194. The van der Waals surface area contributed by atoms with E-state index in [1.54, 1.807) is 30.3 Å². The Labute approximate surface area is 211 Å². The first-order chi connectivity index (χ1) is 17.6. The molecule has 0 fully saturated rings. The van der Waals surface area contributed by atoms with Gasteiger partial charge in [-0.25, -0.2) is 0 Å². The van der Waals surface area contributed by atoms with Crippen molar-refractivity contribution in [3.8, 4) is 5.75 Å². The molecule has 0 aliphatic carbocycles. The van der Waals surface area contributed by atoms with Crippen LogP contribution in [-0.4, -0.2) is 18.4 Å². The predicted octanol–water partition coefficient (Wildman–Crippen LogP) is 5.81. The lowest BCUT2D eigenvalue weighted by Crippen LogP contribution is -2.26. The molecule has 2 amide bonds. The quantitative estimate of drug-likeness (QED) is 0.268. The lowest BCUT2D eigenvalue weighted by molar-refractivity contribution is -0.114. The summed E-state index contributed by atoms with van der Waals surface area (Å²) in [6.45, 7) is 2.50. The molecule has 4 aromatic rings. The van der Waals surface area contributed by atoms with Crippen LogP contribution in [0.25, 0.3) is 0 Å². The molecule has 4 aromatic carbocycles. The Balaban J connectivity index is 1.24. The van der Waals surface area contributed by atoms with Crippen LogP contribution in [0.3, 0.4) is 0 Å². The van der Waals surface area contributed by atoms with Gasteiger partial charge in [-0.1, -0.05) is 66.7 Å². The van der Waals surface area contributed by atoms with E-state index < -0.39 is 0 Å². The van der Waals surface area contributed by atoms with Crippen molar-refractivity contribution in [1.29, 1.82) is 0 Å². The van der Waals surface area contributed by atoms with Crippen LogP contribution >= 0.6 is 0 Å².